The molecule has 2 aromatic rings. The fourth-order valence-electron chi connectivity index (χ4n) is 2.27. The summed E-state index contributed by atoms with van der Waals surface area (Å²) in [4.78, 5) is 12.1. The van der Waals surface area contributed by atoms with Gasteiger partial charge in [0.15, 0.2) is 6.10 Å². The van der Waals surface area contributed by atoms with Crippen LogP contribution in [0.1, 0.15) is 11.1 Å². The van der Waals surface area contributed by atoms with Crippen LogP contribution in [0.15, 0.2) is 42.5 Å². The average molecular weight is 306 g/mol. The van der Waals surface area contributed by atoms with Crippen LogP contribution < -0.4 is 10.1 Å². The maximum Gasteiger partial charge on any atom is 0.261 e. The van der Waals surface area contributed by atoms with E-state index in [0.717, 1.165) is 11.1 Å². The first-order valence-corrected chi connectivity index (χ1v) is 6.97. The summed E-state index contributed by atoms with van der Waals surface area (Å²) in [6.07, 6.45) is -0.0376. The highest BCUT2D eigenvalue weighted by molar-refractivity contribution is 6.30. The van der Waals surface area contributed by atoms with Gasteiger partial charge in [-0.25, -0.2) is 4.39 Å². The second-order valence-corrected chi connectivity index (χ2v) is 5.34. The summed E-state index contributed by atoms with van der Waals surface area (Å²) in [7, 11) is 0. The largest absolute Gasteiger partial charge is 0.480 e. The van der Waals surface area contributed by atoms with E-state index in [1.54, 1.807) is 24.3 Å². The number of ether oxygens (including phenoxy) is 1. The number of halogens is 2. The molecule has 0 radical (unpaired) electrons. The van der Waals surface area contributed by atoms with Crippen molar-refractivity contribution < 1.29 is 13.9 Å². The molecule has 21 heavy (non-hydrogen) atoms. The zero-order valence-corrected chi connectivity index (χ0v) is 11.9. The highest BCUT2D eigenvalue weighted by Crippen LogP contribution is 2.31. The summed E-state index contributed by atoms with van der Waals surface area (Å²) >= 11 is 5.92. The van der Waals surface area contributed by atoms with Crippen molar-refractivity contribution in [3.05, 3.63) is 64.4 Å². The van der Waals surface area contributed by atoms with Gasteiger partial charge in [0.25, 0.3) is 5.91 Å². The molecule has 1 N–H and O–H groups in total. The predicted molar refractivity (Wildman–Crippen MR) is 77.8 cm³/mol. The van der Waals surface area contributed by atoms with Gasteiger partial charge in [-0.1, -0.05) is 23.7 Å². The van der Waals surface area contributed by atoms with E-state index < -0.39 is 6.10 Å². The Hall–Kier alpha value is -2.07. The minimum Gasteiger partial charge on any atom is -0.480 e. The van der Waals surface area contributed by atoms with Crippen LogP contribution in [0.5, 0.6) is 5.75 Å². The number of carbonyl (C=O) groups is 1. The molecule has 5 heteroatoms. The standard InChI is InChI=1S/C16H13ClFNO2/c17-12-3-6-14-11(7-12)8-15(21-14)16(20)19-9-10-1-4-13(18)5-2-10/h1-7,15H,8-9H2,(H,19,20)/t15-/m0/s1. The third-order valence-corrected chi connectivity index (χ3v) is 3.60. The highest BCUT2D eigenvalue weighted by Gasteiger charge is 2.28. The smallest absolute Gasteiger partial charge is 0.261 e. The topological polar surface area (TPSA) is 38.3 Å². The Morgan fingerprint density at radius 2 is 2.05 bits per heavy atom. The summed E-state index contributed by atoms with van der Waals surface area (Å²) in [6.45, 7) is 0.343. The van der Waals surface area contributed by atoms with Crippen LogP contribution in [-0.4, -0.2) is 12.0 Å². The SMILES string of the molecule is O=C(NCc1ccc(F)cc1)[C@@H]1Cc2cc(Cl)ccc2O1. The molecule has 108 valence electrons. The average Bonchev–Trinajstić information content (AvgIpc) is 2.89. The number of nitrogens with one attached hydrogen (secondary N) is 1. The van der Waals surface area contributed by atoms with Crippen LogP contribution in [0.4, 0.5) is 4.39 Å². The summed E-state index contributed by atoms with van der Waals surface area (Å²) in [5.74, 6) is 0.213. The summed E-state index contributed by atoms with van der Waals surface area (Å²) in [5, 5.41) is 3.42. The Bertz CT molecular complexity index is 672. The van der Waals surface area contributed by atoms with Crippen molar-refractivity contribution in [1.82, 2.24) is 5.32 Å². The number of carbonyl (C=O) groups excluding carboxylic acids is 1. The van der Waals surface area contributed by atoms with E-state index in [1.807, 2.05) is 6.07 Å². The van der Waals surface area contributed by atoms with Gasteiger partial charge in [0.05, 0.1) is 0 Å². The van der Waals surface area contributed by atoms with E-state index in [9.17, 15) is 9.18 Å². The normalized spacial score (nSPS) is 16.2. The molecule has 3 rings (SSSR count). The maximum absolute atomic E-state index is 12.8. The molecule has 0 saturated heterocycles. The minimum absolute atomic E-state index is 0.188. The van der Waals surface area contributed by atoms with Crippen molar-refractivity contribution in [2.75, 3.05) is 0 Å². The van der Waals surface area contributed by atoms with Crippen LogP contribution in [0, 0.1) is 5.82 Å². The number of hydrogen-bond donors (Lipinski definition) is 1. The lowest BCUT2D eigenvalue weighted by Crippen LogP contribution is -2.37. The van der Waals surface area contributed by atoms with Crippen molar-refractivity contribution in [3.8, 4) is 5.75 Å². The molecule has 0 bridgehead atoms. The van der Waals surface area contributed by atoms with Crippen molar-refractivity contribution in [3.63, 3.8) is 0 Å². The first kappa shape index (κ1) is 13.9. The second kappa shape index (κ2) is 5.74. The number of hydrogen-bond acceptors (Lipinski definition) is 2. The van der Waals surface area contributed by atoms with Gasteiger partial charge in [-0.15, -0.1) is 0 Å². The molecular formula is C16H13ClFNO2. The van der Waals surface area contributed by atoms with Crippen LogP contribution in [0.2, 0.25) is 5.02 Å². The van der Waals surface area contributed by atoms with E-state index in [1.165, 1.54) is 12.1 Å². The molecule has 2 aromatic carbocycles. The molecule has 1 aliphatic heterocycles. The molecule has 0 fully saturated rings. The van der Waals surface area contributed by atoms with E-state index in [4.69, 9.17) is 16.3 Å². The molecular weight excluding hydrogens is 293 g/mol. The van der Waals surface area contributed by atoms with E-state index in [2.05, 4.69) is 5.32 Å². The van der Waals surface area contributed by atoms with E-state index in [0.29, 0.717) is 23.7 Å². The first-order valence-electron chi connectivity index (χ1n) is 6.59. The van der Waals surface area contributed by atoms with Gasteiger partial charge < -0.3 is 10.1 Å². The molecule has 3 nitrogen and oxygen atoms in total. The van der Waals surface area contributed by atoms with Gasteiger partial charge >= 0.3 is 0 Å². The minimum atomic E-state index is -0.543. The van der Waals surface area contributed by atoms with Crippen LogP contribution in [0.25, 0.3) is 0 Å². The van der Waals surface area contributed by atoms with Gasteiger partial charge in [0, 0.05) is 18.0 Å². The number of rotatable bonds is 3. The van der Waals surface area contributed by atoms with Gasteiger partial charge in [0.2, 0.25) is 0 Å². The van der Waals surface area contributed by atoms with Crippen molar-refractivity contribution in [2.45, 2.75) is 19.1 Å². The van der Waals surface area contributed by atoms with E-state index in [-0.39, 0.29) is 11.7 Å². The molecule has 0 saturated carbocycles. The van der Waals surface area contributed by atoms with Gasteiger partial charge in [-0.3, -0.25) is 4.79 Å². The van der Waals surface area contributed by atoms with Crippen LogP contribution in [-0.2, 0) is 17.8 Å². The number of fused-ring (bicyclic) bond motifs is 1. The molecule has 0 spiro atoms. The maximum atomic E-state index is 12.8. The Kier molecular flexibility index (Phi) is 3.80. The van der Waals surface area contributed by atoms with Gasteiger partial charge in [-0.2, -0.15) is 0 Å². The summed E-state index contributed by atoms with van der Waals surface area (Å²) in [6, 6.07) is 11.3. The zero-order chi connectivity index (χ0) is 14.8. The number of amides is 1. The van der Waals surface area contributed by atoms with Crippen LogP contribution in [0.3, 0.4) is 0 Å². The molecule has 1 heterocycles. The molecule has 1 atom stereocenters. The summed E-state index contributed by atoms with van der Waals surface area (Å²) < 4.78 is 18.4. The number of benzene rings is 2. The fourth-order valence-corrected chi connectivity index (χ4v) is 2.46. The van der Waals surface area contributed by atoms with Crippen molar-refractivity contribution >= 4 is 17.5 Å². The Morgan fingerprint density at radius 3 is 2.81 bits per heavy atom. The van der Waals surface area contributed by atoms with Gasteiger partial charge in [-0.05, 0) is 41.5 Å². The first-order chi connectivity index (χ1) is 10.1. The fraction of sp³-hybridized carbons (Fsp3) is 0.188. The van der Waals surface area contributed by atoms with Gasteiger partial charge in [0.1, 0.15) is 11.6 Å². The molecule has 0 aromatic heterocycles. The summed E-state index contributed by atoms with van der Waals surface area (Å²) in [5.41, 5.74) is 1.77. The quantitative estimate of drug-likeness (QED) is 0.946. The lowest BCUT2D eigenvalue weighted by Gasteiger charge is -2.11. The third kappa shape index (κ3) is 3.16. The zero-order valence-electron chi connectivity index (χ0n) is 11.1. The van der Waals surface area contributed by atoms with Crippen molar-refractivity contribution in [1.29, 1.82) is 0 Å². The monoisotopic (exact) mass is 305 g/mol. The molecule has 0 unspecified atom stereocenters. The second-order valence-electron chi connectivity index (χ2n) is 4.91. The van der Waals surface area contributed by atoms with Crippen LogP contribution >= 0.6 is 11.6 Å². The lowest BCUT2D eigenvalue weighted by molar-refractivity contribution is -0.127. The Balaban J connectivity index is 1.59. The third-order valence-electron chi connectivity index (χ3n) is 3.37. The predicted octanol–water partition coefficient (Wildman–Crippen LogP) is 3.10. The Morgan fingerprint density at radius 1 is 1.29 bits per heavy atom. The molecule has 1 aliphatic rings. The van der Waals surface area contributed by atoms with Crippen molar-refractivity contribution in [2.24, 2.45) is 0 Å². The molecule has 1 amide bonds. The molecule has 0 aliphatic carbocycles. The van der Waals surface area contributed by atoms with E-state index >= 15 is 0 Å². The lowest BCUT2D eigenvalue weighted by atomic mass is 10.1. The highest BCUT2D eigenvalue weighted by atomic mass is 35.5. The Labute approximate surface area is 126 Å².